The summed E-state index contributed by atoms with van der Waals surface area (Å²) in [4.78, 5) is 16.5. The first kappa shape index (κ1) is 16.9. The van der Waals surface area contributed by atoms with Gasteiger partial charge in [-0.05, 0) is 24.1 Å². The van der Waals surface area contributed by atoms with E-state index in [1.165, 1.54) is 0 Å². The molecular formula is C19H25N3O. The predicted molar refractivity (Wildman–Crippen MR) is 96.9 cm³/mol. The smallest absolute Gasteiger partial charge is 0.322 e. The van der Waals surface area contributed by atoms with Gasteiger partial charge < -0.3 is 15.1 Å². The van der Waals surface area contributed by atoms with Gasteiger partial charge in [-0.2, -0.15) is 0 Å². The van der Waals surface area contributed by atoms with E-state index in [1.54, 1.807) is 0 Å². The van der Waals surface area contributed by atoms with Crippen LogP contribution in [0.3, 0.4) is 0 Å². The fourth-order valence-corrected chi connectivity index (χ4v) is 2.49. The maximum Gasteiger partial charge on any atom is 0.322 e. The van der Waals surface area contributed by atoms with Crippen LogP contribution in [0.4, 0.5) is 16.2 Å². The number of nitrogens with zero attached hydrogens (tertiary/aromatic N) is 2. The van der Waals surface area contributed by atoms with Crippen LogP contribution in [0.1, 0.15) is 18.9 Å². The molecule has 0 fully saturated rings. The van der Waals surface area contributed by atoms with Gasteiger partial charge in [-0.25, -0.2) is 4.79 Å². The zero-order valence-electron chi connectivity index (χ0n) is 14.1. The van der Waals surface area contributed by atoms with E-state index in [0.717, 1.165) is 29.9 Å². The summed E-state index contributed by atoms with van der Waals surface area (Å²) in [6.07, 6.45) is 0.926. The minimum Gasteiger partial charge on any atom is -0.376 e. The van der Waals surface area contributed by atoms with Crippen molar-refractivity contribution in [2.75, 3.05) is 30.9 Å². The molecule has 0 aliphatic heterocycles. The minimum absolute atomic E-state index is 0.0648. The standard InChI is InChI=1S/C19H25N3O/c1-4-14-22(15-16-10-6-5-7-11-16)19(23)20-17-12-8-9-13-18(17)21(2)3/h5-13H,4,14-15H2,1-3H3,(H,20,23). The van der Waals surface area contributed by atoms with Crippen LogP contribution in [0.5, 0.6) is 0 Å². The lowest BCUT2D eigenvalue weighted by Crippen LogP contribution is -2.35. The minimum atomic E-state index is -0.0648. The van der Waals surface area contributed by atoms with Crippen molar-refractivity contribution in [1.29, 1.82) is 0 Å². The first-order valence-corrected chi connectivity index (χ1v) is 7.98. The Bertz CT molecular complexity index is 626. The number of hydrogen-bond donors (Lipinski definition) is 1. The van der Waals surface area contributed by atoms with Crippen molar-refractivity contribution in [3.63, 3.8) is 0 Å². The molecule has 0 aromatic heterocycles. The number of para-hydroxylation sites is 2. The Kier molecular flexibility index (Phi) is 6.03. The molecule has 0 aliphatic rings. The lowest BCUT2D eigenvalue weighted by Gasteiger charge is -2.24. The van der Waals surface area contributed by atoms with Crippen LogP contribution in [-0.4, -0.2) is 31.6 Å². The van der Waals surface area contributed by atoms with Gasteiger partial charge in [0.05, 0.1) is 11.4 Å². The Morgan fingerprint density at radius 3 is 2.30 bits per heavy atom. The van der Waals surface area contributed by atoms with Crippen LogP contribution in [0.2, 0.25) is 0 Å². The highest BCUT2D eigenvalue weighted by Gasteiger charge is 2.15. The number of urea groups is 1. The maximum atomic E-state index is 12.7. The van der Waals surface area contributed by atoms with Crippen molar-refractivity contribution in [3.8, 4) is 0 Å². The van der Waals surface area contributed by atoms with E-state index in [2.05, 4.69) is 12.2 Å². The first-order valence-electron chi connectivity index (χ1n) is 7.98. The number of amides is 2. The summed E-state index contributed by atoms with van der Waals surface area (Å²) >= 11 is 0. The summed E-state index contributed by atoms with van der Waals surface area (Å²) in [6, 6.07) is 17.8. The van der Waals surface area contributed by atoms with E-state index in [-0.39, 0.29) is 6.03 Å². The van der Waals surface area contributed by atoms with Crippen molar-refractivity contribution in [2.45, 2.75) is 19.9 Å². The van der Waals surface area contributed by atoms with Crippen molar-refractivity contribution in [3.05, 3.63) is 60.2 Å². The summed E-state index contributed by atoms with van der Waals surface area (Å²) in [5, 5.41) is 3.04. The molecule has 0 heterocycles. The van der Waals surface area contributed by atoms with E-state index in [9.17, 15) is 4.79 Å². The summed E-state index contributed by atoms with van der Waals surface area (Å²) in [6.45, 7) is 3.43. The number of hydrogen-bond acceptors (Lipinski definition) is 2. The van der Waals surface area contributed by atoms with E-state index in [0.29, 0.717) is 6.54 Å². The van der Waals surface area contributed by atoms with Gasteiger partial charge in [0, 0.05) is 27.2 Å². The molecular weight excluding hydrogens is 286 g/mol. The molecule has 4 heteroatoms. The molecule has 4 nitrogen and oxygen atoms in total. The Morgan fingerprint density at radius 1 is 1.00 bits per heavy atom. The Labute approximate surface area is 138 Å². The van der Waals surface area contributed by atoms with Crippen LogP contribution in [0.25, 0.3) is 0 Å². The monoisotopic (exact) mass is 311 g/mol. The van der Waals surface area contributed by atoms with Crippen molar-refractivity contribution >= 4 is 17.4 Å². The molecule has 0 spiro atoms. The van der Waals surface area contributed by atoms with Crippen molar-refractivity contribution in [2.24, 2.45) is 0 Å². The molecule has 23 heavy (non-hydrogen) atoms. The third-order valence-corrected chi connectivity index (χ3v) is 3.62. The number of anilines is 2. The summed E-state index contributed by atoms with van der Waals surface area (Å²) in [5.41, 5.74) is 2.96. The number of rotatable bonds is 6. The number of carbonyl (C=O) groups excluding carboxylic acids is 1. The lowest BCUT2D eigenvalue weighted by molar-refractivity contribution is 0.209. The zero-order valence-corrected chi connectivity index (χ0v) is 14.1. The molecule has 2 rings (SSSR count). The van der Waals surface area contributed by atoms with Crippen molar-refractivity contribution in [1.82, 2.24) is 4.90 Å². The maximum absolute atomic E-state index is 12.7. The fourth-order valence-electron chi connectivity index (χ4n) is 2.49. The first-order chi connectivity index (χ1) is 11.1. The Balaban J connectivity index is 2.12. The van der Waals surface area contributed by atoms with Crippen LogP contribution in [0, 0.1) is 0 Å². The highest BCUT2D eigenvalue weighted by atomic mass is 16.2. The van der Waals surface area contributed by atoms with Gasteiger partial charge in [0.15, 0.2) is 0 Å². The van der Waals surface area contributed by atoms with Crippen LogP contribution in [-0.2, 0) is 6.54 Å². The van der Waals surface area contributed by atoms with E-state index < -0.39 is 0 Å². The molecule has 0 atom stereocenters. The predicted octanol–water partition coefficient (Wildman–Crippen LogP) is 4.20. The van der Waals surface area contributed by atoms with Gasteiger partial charge in [0.2, 0.25) is 0 Å². The number of nitrogens with one attached hydrogen (secondary N) is 1. The third kappa shape index (κ3) is 4.74. The average Bonchev–Trinajstić information content (AvgIpc) is 2.55. The van der Waals surface area contributed by atoms with E-state index in [1.807, 2.05) is 78.5 Å². The third-order valence-electron chi connectivity index (χ3n) is 3.62. The Morgan fingerprint density at radius 2 is 1.65 bits per heavy atom. The molecule has 0 saturated carbocycles. The SMILES string of the molecule is CCCN(Cc1ccccc1)C(=O)Nc1ccccc1N(C)C. The molecule has 2 amide bonds. The topological polar surface area (TPSA) is 35.6 Å². The molecule has 0 bridgehead atoms. The van der Waals surface area contributed by atoms with Gasteiger partial charge in [-0.3, -0.25) is 0 Å². The molecule has 122 valence electrons. The number of benzene rings is 2. The summed E-state index contributed by atoms with van der Waals surface area (Å²) < 4.78 is 0. The normalized spacial score (nSPS) is 10.2. The van der Waals surface area contributed by atoms with Gasteiger partial charge in [-0.1, -0.05) is 49.4 Å². The summed E-state index contributed by atoms with van der Waals surface area (Å²) in [5.74, 6) is 0. The van der Waals surface area contributed by atoms with Crippen LogP contribution in [0.15, 0.2) is 54.6 Å². The van der Waals surface area contributed by atoms with Crippen LogP contribution >= 0.6 is 0 Å². The number of carbonyl (C=O) groups is 1. The highest BCUT2D eigenvalue weighted by Crippen LogP contribution is 2.24. The Hall–Kier alpha value is -2.49. The zero-order chi connectivity index (χ0) is 16.7. The second-order valence-corrected chi connectivity index (χ2v) is 5.75. The molecule has 1 N–H and O–H groups in total. The van der Waals surface area contributed by atoms with Crippen LogP contribution < -0.4 is 10.2 Å². The average molecular weight is 311 g/mol. The summed E-state index contributed by atoms with van der Waals surface area (Å²) in [7, 11) is 3.94. The van der Waals surface area contributed by atoms with Gasteiger partial charge in [-0.15, -0.1) is 0 Å². The molecule has 2 aromatic carbocycles. The largest absolute Gasteiger partial charge is 0.376 e. The van der Waals surface area contributed by atoms with E-state index in [4.69, 9.17) is 0 Å². The van der Waals surface area contributed by atoms with Gasteiger partial charge >= 0.3 is 6.03 Å². The molecule has 2 aromatic rings. The fraction of sp³-hybridized carbons (Fsp3) is 0.316. The molecule has 0 radical (unpaired) electrons. The van der Waals surface area contributed by atoms with Crippen molar-refractivity contribution < 1.29 is 4.79 Å². The molecule has 0 saturated heterocycles. The molecule has 0 aliphatic carbocycles. The highest BCUT2D eigenvalue weighted by molar-refractivity contribution is 5.93. The van der Waals surface area contributed by atoms with E-state index >= 15 is 0 Å². The lowest BCUT2D eigenvalue weighted by atomic mass is 10.2. The van der Waals surface area contributed by atoms with Gasteiger partial charge in [0.1, 0.15) is 0 Å². The quantitative estimate of drug-likeness (QED) is 0.868. The second kappa shape index (κ2) is 8.22. The van der Waals surface area contributed by atoms with Gasteiger partial charge in [0.25, 0.3) is 0 Å². The molecule has 0 unspecified atom stereocenters. The second-order valence-electron chi connectivity index (χ2n) is 5.75.